The fourth-order valence-corrected chi connectivity index (χ4v) is 1.89. The molecule has 1 aliphatic carbocycles. The van der Waals surface area contributed by atoms with Crippen molar-refractivity contribution in [2.75, 3.05) is 5.88 Å². The van der Waals surface area contributed by atoms with Gasteiger partial charge in [0.15, 0.2) is 0 Å². The maximum absolute atomic E-state index is 11.9. The summed E-state index contributed by atoms with van der Waals surface area (Å²) in [5.74, 6) is 1.46. The van der Waals surface area contributed by atoms with Crippen LogP contribution in [-0.4, -0.2) is 32.3 Å². The number of hydrogen-bond donors (Lipinski definition) is 0. The number of alkyl halides is 1. The summed E-state index contributed by atoms with van der Waals surface area (Å²) in [6.45, 7) is 0.601. The summed E-state index contributed by atoms with van der Waals surface area (Å²) in [5, 5.41) is 0. The third-order valence-electron chi connectivity index (χ3n) is 2.85. The van der Waals surface area contributed by atoms with Gasteiger partial charge in [0.05, 0.1) is 6.54 Å². The number of hydrogen-bond acceptors (Lipinski definition) is 2. The molecule has 0 spiro atoms. The molecule has 0 saturated heterocycles. The topological polar surface area (TPSA) is 38.1 Å². The summed E-state index contributed by atoms with van der Waals surface area (Å²) in [7, 11) is 1.94. The summed E-state index contributed by atoms with van der Waals surface area (Å²) >= 11 is 5.61. The predicted octanol–water partition coefficient (Wildman–Crippen LogP) is 1.54. The molecule has 5 heteroatoms. The molecule has 0 unspecified atom stereocenters. The third kappa shape index (κ3) is 2.55. The van der Waals surface area contributed by atoms with E-state index in [4.69, 9.17) is 11.6 Å². The Balaban J connectivity index is 2.03. The molecule has 0 atom stereocenters. The Morgan fingerprint density at radius 3 is 2.94 bits per heavy atom. The number of imidazole rings is 1. The molecule has 1 fully saturated rings. The van der Waals surface area contributed by atoms with Crippen molar-refractivity contribution < 1.29 is 4.79 Å². The van der Waals surface area contributed by atoms with E-state index in [0.29, 0.717) is 24.9 Å². The molecule has 1 aliphatic rings. The molecule has 1 saturated carbocycles. The van der Waals surface area contributed by atoms with Crippen LogP contribution in [0.3, 0.4) is 0 Å². The molecule has 88 valence electrons. The number of halogens is 1. The normalized spacial score (nSPS) is 15.1. The van der Waals surface area contributed by atoms with Crippen LogP contribution in [0.25, 0.3) is 0 Å². The Hall–Kier alpha value is -1.03. The van der Waals surface area contributed by atoms with Crippen molar-refractivity contribution in [1.29, 1.82) is 0 Å². The number of amides is 1. The van der Waals surface area contributed by atoms with Gasteiger partial charge in [-0.3, -0.25) is 4.79 Å². The number of rotatable bonds is 5. The zero-order chi connectivity index (χ0) is 11.5. The van der Waals surface area contributed by atoms with Crippen LogP contribution in [0, 0.1) is 0 Å². The highest BCUT2D eigenvalue weighted by Crippen LogP contribution is 2.28. The second kappa shape index (κ2) is 4.87. The molecular weight excluding hydrogens is 226 g/mol. The highest BCUT2D eigenvalue weighted by atomic mass is 35.5. The Labute approximate surface area is 100 Å². The summed E-state index contributed by atoms with van der Waals surface area (Å²) in [5.41, 5.74) is 0. The van der Waals surface area contributed by atoms with Crippen molar-refractivity contribution in [2.24, 2.45) is 7.05 Å². The van der Waals surface area contributed by atoms with Gasteiger partial charge >= 0.3 is 0 Å². The van der Waals surface area contributed by atoms with Crippen LogP contribution in [0.1, 0.15) is 25.1 Å². The minimum absolute atomic E-state index is 0.139. The smallest absolute Gasteiger partial charge is 0.224 e. The number of aryl methyl sites for hydroxylation is 1. The summed E-state index contributed by atoms with van der Waals surface area (Å²) in [4.78, 5) is 18.0. The van der Waals surface area contributed by atoms with E-state index in [1.54, 1.807) is 6.20 Å². The van der Waals surface area contributed by atoms with E-state index in [9.17, 15) is 4.79 Å². The van der Waals surface area contributed by atoms with E-state index in [-0.39, 0.29) is 5.91 Å². The van der Waals surface area contributed by atoms with Crippen LogP contribution in [0.4, 0.5) is 0 Å². The van der Waals surface area contributed by atoms with Crippen LogP contribution in [0.2, 0.25) is 0 Å². The maximum atomic E-state index is 11.9. The SMILES string of the molecule is Cn1ccnc1CN(C(=O)CCCl)C1CC1. The summed E-state index contributed by atoms with van der Waals surface area (Å²) in [6.07, 6.45) is 6.29. The highest BCUT2D eigenvalue weighted by molar-refractivity contribution is 6.18. The first kappa shape index (κ1) is 11.5. The minimum atomic E-state index is 0.139. The average molecular weight is 242 g/mol. The molecule has 0 aliphatic heterocycles. The van der Waals surface area contributed by atoms with Gasteiger partial charge in [0.1, 0.15) is 5.82 Å². The second-order valence-corrected chi connectivity index (χ2v) is 4.52. The van der Waals surface area contributed by atoms with Crippen molar-refractivity contribution in [1.82, 2.24) is 14.5 Å². The summed E-state index contributed by atoms with van der Waals surface area (Å²) < 4.78 is 1.95. The van der Waals surface area contributed by atoms with Crippen LogP contribution in [0.15, 0.2) is 12.4 Å². The monoisotopic (exact) mass is 241 g/mol. The molecule has 0 bridgehead atoms. The third-order valence-corrected chi connectivity index (χ3v) is 3.04. The van der Waals surface area contributed by atoms with Gasteiger partial charge in [0.2, 0.25) is 5.91 Å². The van der Waals surface area contributed by atoms with E-state index >= 15 is 0 Å². The second-order valence-electron chi connectivity index (χ2n) is 4.15. The Morgan fingerprint density at radius 2 is 2.44 bits per heavy atom. The molecular formula is C11H16ClN3O. The van der Waals surface area contributed by atoms with E-state index in [1.807, 2.05) is 22.7 Å². The van der Waals surface area contributed by atoms with Crippen LogP contribution < -0.4 is 0 Å². The molecule has 16 heavy (non-hydrogen) atoms. The molecule has 1 heterocycles. The summed E-state index contributed by atoms with van der Waals surface area (Å²) in [6, 6.07) is 0.410. The zero-order valence-electron chi connectivity index (χ0n) is 9.40. The maximum Gasteiger partial charge on any atom is 0.224 e. The van der Waals surface area contributed by atoms with Crippen molar-refractivity contribution in [3.63, 3.8) is 0 Å². The largest absolute Gasteiger partial charge is 0.337 e. The van der Waals surface area contributed by atoms with Crippen molar-refractivity contribution >= 4 is 17.5 Å². The zero-order valence-corrected chi connectivity index (χ0v) is 10.2. The van der Waals surface area contributed by atoms with Crippen LogP contribution >= 0.6 is 11.6 Å². The molecule has 1 aromatic heterocycles. The molecule has 4 nitrogen and oxygen atoms in total. The molecule has 0 N–H and O–H groups in total. The molecule has 0 radical (unpaired) electrons. The standard InChI is InChI=1S/C11H16ClN3O/c1-14-7-6-13-10(14)8-15(9-2-3-9)11(16)4-5-12/h6-7,9H,2-5,8H2,1H3. The van der Waals surface area contributed by atoms with Gasteiger partial charge in [-0.1, -0.05) is 0 Å². The minimum Gasteiger partial charge on any atom is -0.337 e. The van der Waals surface area contributed by atoms with Gasteiger partial charge in [0, 0.05) is 37.8 Å². The number of aromatic nitrogens is 2. The predicted molar refractivity (Wildman–Crippen MR) is 62.1 cm³/mol. The van der Waals surface area contributed by atoms with E-state index in [0.717, 1.165) is 18.7 Å². The van der Waals surface area contributed by atoms with E-state index in [2.05, 4.69) is 4.98 Å². The van der Waals surface area contributed by atoms with Gasteiger partial charge in [0.25, 0.3) is 0 Å². The Morgan fingerprint density at radius 1 is 1.69 bits per heavy atom. The lowest BCUT2D eigenvalue weighted by Gasteiger charge is -2.21. The molecule has 2 rings (SSSR count). The van der Waals surface area contributed by atoms with Crippen molar-refractivity contribution in [3.05, 3.63) is 18.2 Å². The van der Waals surface area contributed by atoms with Crippen LogP contribution in [0.5, 0.6) is 0 Å². The van der Waals surface area contributed by atoms with Gasteiger partial charge < -0.3 is 9.47 Å². The Bertz CT molecular complexity index is 373. The fourth-order valence-electron chi connectivity index (χ4n) is 1.73. The number of nitrogens with zero attached hydrogens (tertiary/aromatic N) is 3. The quantitative estimate of drug-likeness (QED) is 0.734. The lowest BCUT2D eigenvalue weighted by molar-refractivity contribution is -0.132. The number of carbonyl (C=O) groups is 1. The lowest BCUT2D eigenvalue weighted by atomic mass is 10.3. The van der Waals surface area contributed by atoms with E-state index in [1.165, 1.54) is 0 Å². The first-order chi connectivity index (χ1) is 7.72. The van der Waals surface area contributed by atoms with Crippen molar-refractivity contribution in [3.8, 4) is 0 Å². The van der Waals surface area contributed by atoms with Gasteiger partial charge in [-0.25, -0.2) is 4.98 Å². The fraction of sp³-hybridized carbons (Fsp3) is 0.636. The van der Waals surface area contributed by atoms with Crippen molar-refractivity contribution in [2.45, 2.75) is 31.8 Å². The van der Waals surface area contributed by atoms with Gasteiger partial charge in [-0.2, -0.15) is 0 Å². The first-order valence-corrected chi connectivity index (χ1v) is 6.07. The molecule has 1 amide bonds. The molecule has 0 aromatic carbocycles. The number of carbonyl (C=O) groups excluding carboxylic acids is 1. The molecule has 1 aromatic rings. The van der Waals surface area contributed by atoms with E-state index < -0.39 is 0 Å². The van der Waals surface area contributed by atoms with Gasteiger partial charge in [-0.05, 0) is 12.8 Å². The van der Waals surface area contributed by atoms with Crippen LogP contribution in [-0.2, 0) is 18.4 Å². The lowest BCUT2D eigenvalue weighted by Crippen LogP contribution is -2.33. The first-order valence-electron chi connectivity index (χ1n) is 5.54. The van der Waals surface area contributed by atoms with Gasteiger partial charge in [-0.15, -0.1) is 11.6 Å². The highest BCUT2D eigenvalue weighted by Gasteiger charge is 2.32. The average Bonchev–Trinajstić information content (AvgIpc) is 3.00. The Kier molecular flexibility index (Phi) is 3.49.